The van der Waals surface area contributed by atoms with Gasteiger partial charge in [0.05, 0.1) is 5.69 Å². The second kappa shape index (κ2) is 6.52. The van der Waals surface area contributed by atoms with E-state index < -0.39 is 8.07 Å². The number of carbonyl (C=O) groups is 1. The van der Waals surface area contributed by atoms with Gasteiger partial charge in [0.2, 0.25) is 0 Å². The molecule has 0 amide bonds. The minimum atomic E-state index is -1.16. The number of pyridine rings is 1. The summed E-state index contributed by atoms with van der Waals surface area (Å²) >= 11 is 3.44. The molecule has 0 aliphatic rings. The third-order valence-electron chi connectivity index (χ3n) is 3.55. The molecule has 0 aromatic carbocycles. The van der Waals surface area contributed by atoms with Crippen LogP contribution in [0.25, 0.3) is 10.9 Å². The molecule has 0 fully saturated rings. The molecule has 0 bridgehead atoms. The van der Waals surface area contributed by atoms with Gasteiger partial charge in [0.1, 0.15) is 12.2 Å². The molecule has 0 saturated heterocycles. The van der Waals surface area contributed by atoms with Gasteiger partial charge in [-0.2, -0.15) is 0 Å². The lowest BCUT2D eigenvalue weighted by Gasteiger charge is -2.16. The third-order valence-corrected chi connectivity index (χ3v) is 5.89. The molecule has 2 heterocycles. The zero-order valence-corrected chi connectivity index (χ0v) is 15.9. The van der Waals surface area contributed by atoms with Crippen LogP contribution in [0, 0.1) is 0 Å². The van der Waals surface area contributed by atoms with Crippen molar-refractivity contribution in [2.24, 2.45) is 7.05 Å². The highest BCUT2D eigenvalue weighted by Gasteiger charge is 2.16. The first kappa shape index (κ1) is 17.2. The average molecular weight is 385 g/mol. The average Bonchev–Trinajstić information content (AvgIpc) is 2.79. The van der Waals surface area contributed by atoms with E-state index in [9.17, 15) is 9.59 Å². The van der Waals surface area contributed by atoms with Crippen molar-refractivity contribution in [3.8, 4) is 0 Å². The van der Waals surface area contributed by atoms with Gasteiger partial charge in [-0.15, -0.1) is 0 Å². The van der Waals surface area contributed by atoms with Gasteiger partial charge in [0.25, 0.3) is 5.56 Å². The first-order valence-electron chi connectivity index (χ1n) is 7.16. The van der Waals surface area contributed by atoms with Crippen LogP contribution in [0.4, 0.5) is 0 Å². The summed E-state index contributed by atoms with van der Waals surface area (Å²) in [5.41, 5.74) is 0.805. The fourth-order valence-corrected chi connectivity index (χ4v) is 3.58. The number of rotatable bonds is 6. The molecule has 5 nitrogen and oxygen atoms in total. The summed E-state index contributed by atoms with van der Waals surface area (Å²) in [4.78, 5) is 23.7. The molecule has 2 aromatic rings. The maximum Gasteiger partial charge on any atom is 0.274 e. The largest absolute Gasteiger partial charge is 0.361 e. The first-order valence-corrected chi connectivity index (χ1v) is 11.7. The number of aryl methyl sites for hydroxylation is 1. The van der Waals surface area contributed by atoms with Crippen molar-refractivity contribution in [3.05, 3.63) is 32.8 Å². The van der Waals surface area contributed by atoms with Crippen LogP contribution in [-0.4, -0.2) is 30.1 Å². The van der Waals surface area contributed by atoms with Crippen molar-refractivity contribution in [1.82, 2.24) is 9.13 Å². The van der Waals surface area contributed by atoms with Crippen LogP contribution in [0.3, 0.4) is 0 Å². The maximum absolute atomic E-state index is 12.4. The Kier molecular flexibility index (Phi) is 5.09. The van der Waals surface area contributed by atoms with Crippen LogP contribution in [0.2, 0.25) is 25.7 Å². The number of aldehydes is 1. The predicted molar refractivity (Wildman–Crippen MR) is 94.4 cm³/mol. The Bertz CT molecular complexity index is 759. The quantitative estimate of drug-likeness (QED) is 0.436. The topological polar surface area (TPSA) is 53.2 Å². The van der Waals surface area contributed by atoms with Crippen LogP contribution < -0.4 is 5.56 Å². The van der Waals surface area contributed by atoms with E-state index in [0.717, 1.165) is 22.2 Å². The van der Waals surface area contributed by atoms with Gasteiger partial charge in [-0.1, -0.05) is 19.6 Å². The van der Waals surface area contributed by atoms with Gasteiger partial charge in [0.15, 0.2) is 6.29 Å². The molecule has 0 unspecified atom stereocenters. The van der Waals surface area contributed by atoms with Crippen molar-refractivity contribution in [1.29, 1.82) is 0 Å². The van der Waals surface area contributed by atoms with Crippen LogP contribution >= 0.6 is 15.9 Å². The zero-order valence-electron chi connectivity index (χ0n) is 13.4. The smallest absolute Gasteiger partial charge is 0.274 e. The van der Waals surface area contributed by atoms with E-state index in [1.165, 1.54) is 4.57 Å². The van der Waals surface area contributed by atoms with E-state index in [2.05, 4.69) is 35.6 Å². The predicted octanol–water partition coefficient (Wildman–Crippen LogP) is 3.23. The van der Waals surface area contributed by atoms with Gasteiger partial charge in [-0.05, 0) is 28.0 Å². The number of aromatic nitrogens is 2. The number of fused-ring (bicyclic) bond motifs is 1. The Morgan fingerprint density at radius 1 is 1.36 bits per heavy atom. The molecule has 0 saturated carbocycles. The Balaban J connectivity index is 2.36. The minimum Gasteiger partial charge on any atom is -0.361 e. The molecule has 0 radical (unpaired) electrons. The zero-order chi connectivity index (χ0) is 16.5. The standard InChI is InChI=1S/C15H21BrN2O3Si/c1-17-8-13(16)12-7-11(9-19)18(14(12)15(17)20)10-21-5-6-22(2,3)4/h7-9H,5-6,10H2,1-4H3. The molecule has 120 valence electrons. The summed E-state index contributed by atoms with van der Waals surface area (Å²) in [6.45, 7) is 7.71. The number of hydrogen-bond acceptors (Lipinski definition) is 3. The highest BCUT2D eigenvalue weighted by molar-refractivity contribution is 9.10. The summed E-state index contributed by atoms with van der Waals surface area (Å²) in [7, 11) is 0.530. The molecule has 2 aromatic heterocycles. The van der Waals surface area contributed by atoms with Crippen molar-refractivity contribution >= 4 is 41.2 Å². The van der Waals surface area contributed by atoms with E-state index in [1.54, 1.807) is 23.9 Å². The molecule has 0 spiro atoms. The molecule has 2 rings (SSSR count). The number of carbonyl (C=O) groups excluding carboxylic acids is 1. The summed E-state index contributed by atoms with van der Waals surface area (Å²) < 4.78 is 9.65. The third kappa shape index (κ3) is 3.59. The number of halogens is 1. The van der Waals surface area contributed by atoms with E-state index in [0.29, 0.717) is 17.8 Å². The van der Waals surface area contributed by atoms with E-state index in [-0.39, 0.29) is 12.3 Å². The second-order valence-electron chi connectivity index (χ2n) is 6.62. The fourth-order valence-electron chi connectivity index (χ4n) is 2.22. The normalized spacial score (nSPS) is 12.0. The molecule has 0 N–H and O–H groups in total. The number of hydrogen-bond donors (Lipinski definition) is 0. The number of nitrogens with zero attached hydrogens (tertiary/aromatic N) is 2. The minimum absolute atomic E-state index is 0.139. The Hall–Kier alpha value is -1.18. The molecule has 7 heteroatoms. The first-order chi connectivity index (χ1) is 10.2. The molecule has 0 atom stereocenters. The molecular formula is C15H21BrN2O3Si. The van der Waals surface area contributed by atoms with Crippen molar-refractivity contribution in [2.75, 3.05) is 6.61 Å². The summed E-state index contributed by atoms with van der Waals surface area (Å²) in [5.74, 6) is 0. The van der Waals surface area contributed by atoms with Crippen molar-refractivity contribution in [3.63, 3.8) is 0 Å². The Labute approximate surface area is 139 Å². The Morgan fingerprint density at radius 2 is 2.05 bits per heavy atom. The lowest BCUT2D eigenvalue weighted by atomic mass is 10.3. The van der Waals surface area contributed by atoms with Crippen LogP contribution in [-0.2, 0) is 18.5 Å². The van der Waals surface area contributed by atoms with Crippen molar-refractivity contribution < 1.29 is 9.53 Å². The maximum atomic E-state index is 12.4. The van der Waals surface area contributed by atoms with Gasteiger partial charge >= 0.3 is 0 Å². The SMILES string of the molecule is Cn1cc(Br)c2cc(C=O)n(COCC[Si](C)(C)C)c2c1=O. The highest BCUT2D eigenvalue weighted by atomic mass is 79.9. The summed E-state index contributed by atoms with van der Waals surface area (Å²) in [5, 5.41) is 0.735. The van der Waals surface area contributed by atoms with Gasteiger partial charge in [-0.25, -0.2) is 0 Å². The lowest BCUT2D eigenvalue weighted by Crippen LogP contribution is -2.23. The Morgan fingerprint density at radius 3 is 2.64 bits per heavy atom. The molecule has 0 aliphatic heterocycles. The lowest BCUT2D eigenvalue weighted by molar-refractivity contribution is 0.0862. The fraction of sp³-hybridized carbons (Fsp3) is 0.467. The number of ether oxygens (including phenoxy) is 1. The summed E-state index contributed by atoms with van der Waals surface area (Å²) in [6.07, 6.45) is 2.46. The molecule has 22 heavy (non-hydrogen) atoms. The van der Waals surface area contributed by atoms with Crippen LogP contribution in [0.1, 0.15) is 10.5 Å². The van der Waals surface area contributed by atoms with Gasteiger partial charge in [-0.3, -0.25) is 9.59 Å². The van der Waals surface area contributed by atoms with Crippen LogP contribution in [0.15, 0.2) is 21.5 Å². The molecular weight excluding hydrogens is 364 g/mol. The van der Waals surface area contributed by atoms with Crippen LogP contribution in [0.5, 0.6) is 0 Å². The summed E-state index contributed by atoms with van der Waals surface area (Å²) in [6, 6.07) is 2.76. The van der Waals surface area contributed by atoms with Crippen molar-refractivity contribution in [2.45, 2.75) is 32.4 Å². The van der Waals surface area contributed by atoms with E-state index in [4.69, 9.17) is 4.74 Å². The van der Waals surface area contributed by atoms with E-state index in [1.807, 2.05) is 0 Å². The monoisotopic (exact) mass is 384 g/mol. The van der Waals surface area contributed by atoms with Gasteiger partial charge in [0, 0.05) is 37.8 Å². The van der Waals surface area contributed by atoms with Gasteiger partial charge < -0.3 is 13.9 Å². The second-order valence-corrected chi connectivity index (χ2v) is 13.1. The molecule has 0 aliphatic carbocycles. The highest BCUT2D eigenvalue weighted by Crippen LogP contribution is 2.24. The van der Waals surface area contributed by atoms with E-state index >= 15 is 0 Å².